The van der Waals surface area contributed by atoms with E-state index in [0.717, 1.165) is 17.7 Å². The highest BCUT2D eigenvalue weighted by atomic mass is 16.5. The normalized spacial score (nSPS) is 10.4. The zero-order chi connectivity index (χ0) is 19.2. The van der Waals surface area contributed by atoms with Crippen molar-refractivity contribution in [2.75, 3.05) is 24.9 Å². The zero-order valence-electron chi connectivity index (χ0n) is 15.9. The lowest BCUT2D eigenvalue weighted by molar-refractivity contribution is 0.405. The summed E-state index contributed by atoms with van der Waals surface area (Å²) in [7, 11) is 3.22. The van der Waals surface area contributed by atoms with Gasteiger partial charge in [-0.1, -0.05) is 25.1 Å². The fourth-order valence-electron chi connectivity index (χ4n) is 2.78. The van der Waals surface area contributed by atoms with Gasteiger partial charge >= 0.3 is 0 Å². The Balaban J connectivity index is 1.87. The molecule has 0 saturated carbocycles. The standard InChI is InChI=1S/C20H23N5O2/c1-5-14-8-6-7-13(2)19(14)23-18-12-21-25-20(24-18)22-16-11-15(26-3)9-10-17(16)27-4/h6-12H,5H2,1-4H3,(H2,22,23,24,25). The van der Waals surface area contributed by atoms with Crippen molar-refractivity contribution in [2.24, 2.45) is 0 Å². The number of aromatic nitrogens is 3. The first-order chi connectivity index (χ1) is 13.1. The summed E-state index contributed by atoms with van der Waals surface area (Å²) in [6, 6.07) is 11.7. The van der Waals surface area contributed by atoms with Gasteiger partial charge in [-0.25, -0.2) is 0 Å². The Morgan fingerprint density at radius 1 is 1.04 bits per heavy atom. The molecule has 2 aromatic carbocycles. The second-order valence-corrected chi connectivity index (χ2v) is 5.94. The summed E-state index contributed by atoms with van der Waals surface area (Å²) in [5.74, 6) is 2.33. The van der Waals surface area contributed by atoms with Gasteiger partial charge in [-0.2, -0.15) is 10.1 Å². The molecule has 0 aliphatic heterocycles. The van der Waals surface area contributed by atoms with Gasteiger partial charge in [0.1, 0.15) is 11.5 Å². The highest BCUT2D eigenvalue weighted by Crippen LogP contribution is 2.31. The number of methoxy groups -OCH3 is 2. The molecule has 0 bridgehead atoms. The van der Waals surface area contributed by atoms with E-state index in [1.807, 2.05) is 18.2 Å². The minimum Gasteiger partial charge on any atom is -0.497 e. The van der Waals surface area contributed by atoms with E-state index in [0.29, 0.717) is 29.0 Å². The molecule has 0 saturated heterocycles. The molecule has 1 heterocycles. The first-order valence-corrected chi connectivity index (χ1v) is 8.69. The average Bonchev–Trinajstić information content (AvgIpc) is 2.69. The number of hydrogen-bond donors (Lipinski definition) is 2. The van der Waals surface area contributed by atoms with Crippen molar-refractivity contribution < 1.29 is 9.47 Å². The van der Waals surface area contributed by atoms with Gasteiger partial charge in [0.15, 0.2) is 5.82 Å². The molecule has 7 nitrogen and oxygen atoms in total. The summed E-state index contributed by atoms with van der Waals surface area (Å²) in [5.41, 5.74) is 4.11. The van der Waals surface area contributed by atoms with Crippen LogP contribution in [-0.2, 0) is 6.42 Å². The van der Waals surface area contributed by atoms with E-state index in [1.54, 1.807) is 20.4 Å². The molecule has 0 radical (unpaired) electrons. The summed E-state index contributed by atoms with van der Waals surface area (Å²) < 4.78 is 10.6. The van der Waals surface area contributed by atoms with Gasteiger partial charge in [0.2, 0.25) is 5.95 Å². The third-order valence-corrected chi connectivity index (χ3v) is 4.21. The maximum absolute atomic E-state index is 5.38. The molecule has 0 atom stereocenters. The van der Waals surface area contributed by atoms with Crippen LogP contribution in [0.2, 0.25) is 0 Å². The number of nitrogens with one attached hydrogen (secondary N) is 2. The van der Waals surface area contributed by atoms with E-state index in [2.05, 4.69) is 57.9 Å². The van der Waals surface area contributed by atoms with Crippen molar-refractivity contribution in [3.8, 4) is 11.5 Å². The highest BCUT2D eigenvalue weighted by molar-refractivity contribution is 5.67. The van der Waals surface area contributed by atoms with Gasteiger partial charge in [-0.3, -0.25) is 0 Å². The largest absolute Gasteiger partial charge is 0.497 e. The maximum atomic E-state index is 5.38. The lowest BCUT2D eigenvalue weighted by Gasteiger charge is -2.14. The molecular formula is C20H23N5O2. The van der Waals surface area contributed by atoms with E-state index in [9.17, 15) is 0 Å². The van der Waals surface area contributed by atoms with Crippen molar-refractivity contribution in [3.63, 3.8) is 0 Å². The van der Waals surface area contributed by atoms with Gasteiger partial charge in [-0.15, -0.1) is 5.10 Å². The van der Waals surface area contributed by atoms with Crippen LogP contribution >= 0.6 is 0 Å². The minimum absolute atomic E-state index is 0.359. The van der Waals surface area contributed by atoms with E-state index in [-0.39, 0.29) is 0 Å². The van der Waals surface area contributed by atoms with Crippen molar-refractivity contribution in [3.05, 3.63) is 53.7 Å². The third-order valence-electron chi connectivity index (χ3n) is 4.21. The van der Waals surface area contributed by atoms with Gasteiger partial charge < -0.3 is 20.1 Å². The number of anilines is 4. The second kappa shape index (κ2) is 8.35. The zero-order valence-corrected chi connectivity index (χ0v) is 15.9. The molecule has 27 heavy (non-hydrogen) atoms. The number of para-hydroxylation sites is 1. The van der Waals surface area contributed by atoms with Crippen molar-refractivity contribution in [1.29, 1.82) is 0 Å². The molecule has 140 valence electrons. The van der Waals surface area contributed by atoms with Crippen molar-refractivity contribution in [2.45, 2.75) is 20.3 Å². The molecule has 0 aliphatic rings. The van der Waals surface area contributed by atoms with E-state index in [4.69, 9.17) is 9.47 Å². The molecular weight excluding hydrogens is 342 g/mol. The van der Waals surface area contributed by atoms with Crippen LogP contribution < -0.4 is 20.1 Å². The topological polar surface area (TPSA) is 81.2 Å². The summed E-state index contributed by atoms with van der Waals surface area (Å²) >= 11 is 0. The van der Waals surface area contributed by atoms with Crippen molar-refractivity contribution in [1.82, 2.24) is 15.2 Å². The van der Waals surface area contributed by atoms with E-state index >= 15 is 0 Å². The Bertz CT molecular complexity index is 930. The fraction of sp³-hybridized carbons (Fsp3) is 0.250. The number of aryl methyl sites for hydroxylation is 2. The van der Waals surface area contributed by atoms with Gasteiger partial charge in [0, 0.05) is 11.8 Å². The van der Waals surface area contributed by atoms with Gasteiger partial charge in [0.25, 0.3) is 0 Å². The maximum Gasteiger partial charge on any atom is 0.249 e. The van der Waals surface area contributed by atoms with Gasteiger partial charge in [0.05, 0.1) is 26.1 Å². The predicted molar refractivity (Wildman–Crippen MR) is 106 cm³/mol. The smallest absolute Gasteiger partial charge is 0.249 e. The van der Waals surface area contributed by atoms with Crippen LogP contribution in [0.3, 0.4) is 0 Å². The van der Waals surface area contributed by atoms with Crippen LogP contribution in [-0.4, -0.2) is 29.4 Å². The first kappa shape index (κ1) is 18.4. The number of rotatable bonds is 7. The van der Waals surface area contributed by atoms with Crippen LogP contribution in [0.5, 0.6) is 11.5 Å². The molecule has 0 amide bonds. The Labute approximate surface area is 158 Å². The monoisotopic (exact) mass is 365 g/mol. The third kappa shape index (κ3) is 4.25. The number of hydrogen-bond acceptors (Lipinski definition) is 7. The molecule has 0 spiro atoms. The Morgan fingerprint density at radius 3 is 2.63 bits per heavy atom. The highest BCUT2D eigenvalue weighted by Gasteiger charge is 2.10. The number of benzene rings is 2. The number of nitrogens with zero attached hydrogens (tertiary/aromatic N) is 3. The lowest BCUT2D eigenvalue weighted by atomic mass is 10.1. The summed E-state index contributed by atoms with van der Waals surface area (Å²) in [6.45, 7) is 4.19. The van der Waals surface area contributed by atoms with Crippen molar-refractivity contribution >= 4 is 23.1 Å². The molecule has 0 unspecified atom stereocenters. The fourth-order valence-corrected chi connectivity index (χ4v) is 2.78. The van der Waals surface area contributed by atoms with Crippen LogP contribution in [0.4, 0.5) is 23.1 Å². The van der Waals surface area contributed by atoms with Crippen LogP contribution in [0, 0.1) is 6.92 Å². The Kier molecular flexibility index (Phi) is 5.71. The Morgan fingerprint density at radius 2 is 1.89 bits per heavy atom. The van der Waals surface area contributed by atoms with Crippen LogP contribution in [0.1, 0.15) is 18.1 Å². The van der Waals surface area contributed by atoms with Crippen LogP contribution in [0.15, 0.2) is 42.6 Å². The van der Waals surface area contributed by atoms with Gasteiger partial charge in [-0.05, 0) is 36.6 Å². The molecule has 7 heteroatoms. The van der Waals surface area contributed by atoms with E-state index in [1.165, 1.54) is 5.56 Å². The molecule has 1 aromatic heterocycles. The predicted octanol–water partition coefficient (Wildman–Crippen LogP) is 4.25. The summed E-state index contributed by atoms with van der Waals surface area (Å²) in [5, 5.41) is 14.6. The number of ether oxygens (including phenoxy) is 2. The second-order valence-electron chi connectivity index (χ2n) is 5.94. The summed E-state index contributed by atoms with van der Waals surface area (Å²) in [4.78, 5) is 4.52. The molecule has 3 aromatic rings. The van der Waals surface area contributed by atoms with E-state index < -0.39 is 0 Å². The molecule has 0 fully saturated rings. The minimum atomic E-state index is 0.359. The first-order valence-electron chi connectivity index (χ1n) is 8.69. The molecule has 3 rings (SSSR count). The van der Waals surface area contributed by atoms with Crippen LogP contribution in [0.25, 0.3) is 0 Å². The SMILES string of the molecule is CCc1cccc(C)c1Nc1cnnc(Nc2cc(OC)ccc2OC)n1. The summed E-state index contributed by atoms with van der Waals surface area (Å²) in [6.07, 6.45) is 2.52. The lowest BCUT2D eigenvalue weighted by Crippen LogP contribution is -2.05. The quantitative estimate of drug-likeness (QED) is 0.648. The molecule has 2 N–H and O–H groups in total. The molecule has 0 aliphatic carbocycles. The average molecular weight is 365 g/mol. The Hall–Kier alpha value is -3.35.